The Labute approximate surface area is 320 Å². The molecule has 0 saturated heterocycles. The molecule has 0 amide bonds. The number of hydrogen-bond acceptors (Lipinski definition) is 3. The molecule has 3 heterocycles. The fraction of sp³-hybridized carbons (Fsp3) is 0. The van der Waals surface area contributed by atoms with Gasteiger partial charge in [-0.15, -0.1) is 11.3 Å². The molecule has 55 heavy (non-hydrogen) atoms. The van der Waals surface area contributed by atoms with Gasteiger partial charge in [0.05, 0.1) is 5.39 Å². The highest BCUT2D eigenvalue weighted by Crippen LogP contribution is 2.50. The van der Waals surface area contributed by atoms with Crippen molar-refractivity contribution >= 4 is 86.0 Å². The van der Waals surface area contributed by atoms with E-state index in [1.807, 2.05) is 17.4 Å². The van der Waals surface area contributed by atoms with Gasteiger partial charge in [0.1, 0.15) is 22.5 Å². The molecule has 2 nitrogen and oxygen atoms in total. The second-order valence-corrected chi connectivity index (χ2v) is 15.4. The van der Waals surface area contributed by atoms with Gasteiger partial charge in [0.25, 0.3) is 0 Å². The van der Waals surface area contributed by atoms with Crippen molar-refractivity contribution in [2.75, 3.05) is 0 Å². The summed E-state index contributed by atoms with van der Waals surface area (Å²) in [7, 11) is 0. The van der Waals surface area contributed by atoms with Crippen LogP contribution in [0.5, 0.6) is 0 Å². The Morgan fingerprint density at radius 3 is 1.65 bits per heavy atom. The number of thiophene rings is 1. The topological polar surface area (TPSA) is 26.3 Å². The molecule has 0 atom stereocenters. The number of benzene rings is 9. The van der Waals surface area contributed by atoms with Gasteiger partial charge in [0, 0.05) is 42.1 Å². The van der Waals surface area contributed by atoms with Crippen LogP contribution in [0, 0.1) is 0 Å². The molecule has 0 aliphatic carbocycles. The van der Waals surface area contributed by atoms with Crippen molar-refractivity contribution in [3.8, 4) is 44.7 Å². The Bertz CT molecular complexity index is 3420. The molecule has 0 spiro atoms. The van der Waals surface area contributed by atoms with E-state index in [0.29, 0.717) is 0 Å². The first-order chi connectivity index (χ1) is 27.3. The Hall–Kier alpha value is -6.94. The maximum atomic E-state index is 6.83. The highest BCUT2D eigenvalue weighted by atomic mass is 32.1. The normalized spacial score (nSPS) is 12.0. The van der Waals surface area contributed by atoms with Crippen molar-refractivity contribution < 1.29 is 8.83 Å². The quantitative estimate of drug-likeness (QED) is 0.169. The van der Waals surface area contributed by atoms with Gasteiger partial charge in [-0.1, -0.05) is 146 Å². The summed E-state index contributed by atoms with van der Waals surface area (Å²) in [5, 5.41) is 10.8. The summed E-state index contributed by atoms with van der Waals surface area (Å²) >= 11 is 1.87. The van der Waals surface area contributed by atoms with Crippen molar-refractivity contribution in [2.45, 2.75) is 0 Å². The van der Waals surface area contributed by atoms with Crippen molar-refractivity contribution in [3.63, 3.8) is 0 Å². The number of fused-ring (bicyclic) bond motifs is 10. The Morgan fingerprint density at radius 1 is 0.327 bits per heavy atom. The van der Waals surface area contributed by atoms with Crippen LogP contribution in [0.2, 0.25) is 0 Å². The molecule has 12 aromatic rings. The number of rotatable bonds is 4. The molecule has 0 bridgehead atoms. The van der Waals surface area contributed by atoms with E-state index in [9.17, 15) is 0 Å². The molecular formula is C52H30O2S. The van der Waals surface area contributed by atoms with E-state index in [1.54, 1.807) is 0 Å². The lowest BCUT2D eigenvalue weighted by Crippen LogP contribution is -1.91. The van der Waals surface area contributed by atoms with E-state index in [4.69, 9.17) is 8.83 Å². The SMILES string of the molecule is c1ccc(-c2oc3ccc4c5cc(-c6c7ccccc7c(-c7cccc8sc9ccccc9c78)c7ccccc67)ccc5oc4c3c2-c2ccccc2)cc1. The zero-order valence-electron chi connectivity index (χ0n) is 29.5. The largest absolute Gasteiger partial charge is 0.455 e. The third-order valence-electron chi connectivity index (χ3n) is 11.3. The van der Waals surface area contributed by atoms with Gasteiger partial charge in [0.15, 0.2) is 0 Å². The highest BCUT2D eigenvalue weighted by Gasteiger charge is 2.24. The summed E-state index contributed by atoms with van der Waals surface area (Å²) in [4.78, 5) is 0. The molecule has 0 aliphatic heterocycles. The fourth-order valence-electron chi connectivity index (χ4n) is 8.96. The molecule has 0 radical (unpaired) electrons. The maximum absolute atomic E-state index is 6.83. The highest BCUT2D eigenvalue weighted by molar-refractivity contribution is 7.26. The van der Waals surface area contributed by atoms with Crippen LogP contribution in [-0.4, -0.2) is 0 Å². The van der Waals surface area contributed by atoms with Gasteiger partial charge in [-0.05, 0) is 85.8 Å². The first-order valence-corrected chi connectivity index (χ1v) is 19.5. The summed E-state index contributed by atoms with van der Waals surface area (Å²) in [5.41, 5.74) is 10.6. The lowest BCUT2D eigenvalue weighted by atomic mass is 9.84. The van der Waals surface area contributed by atoms with Crippen molar-refractivity contribution in [1.82, 2.24) is 0 Å². The predicted octanol–water partition coefficient (Wildman–Crippen LogP) is 15.7. The smallest absolute Gasteiger partial charge is 0.147 e. The summed E-state index contributed by atoms with van der Waals surface area (Å²) < 4.78 is 16.1. The minimum Gasteiger partial charge on any atom is -0.455 e. The van der Waals surface area contributed by atoms with Crippen LogP contribution in [0.15, 0.2) is 191 Å². The summed E-state index contributed by atoms with van der Waals surface area (Å²) in [5.74, 6) is 0.847. The second-order valence-electron chi connectivity index (χ2n) is 14.3. The van der Waals surface area contributed by atoms with Crippen molar-refractivity contribution in [1.29, 1.82) is 0 Å². The molecule has 12 rings (SSSR count). The van der Waals surface area contributed by atoms with Crippen LogP contribution in [-0.2, 0) is 0 Å². The number of hydrogen-bond donors (Lipinski definition) is 0. The van der Waals surface area contributed by atoms with E-state index < -0.39 is 0 Å². The van der Waals surface area contributed by atoms with E-state index in [1.165, 1.54) is 58.4 Å². The standard InChI is InChI=1S/C52H30O2S/c1-3-14-31(15-4-1)47-50-43(54-51(47)32-16-5-2-6-17-32)29-27-38-41-30-33(26-28-42(41)53-52(38)50)46-34-18-7-9-20-36(34)48(37-21-10-8-19-35(37)46)40-23-13-25-45-49(40)39-22-11-12-24-44(39)55-45/h1-30H. The summed E-state index contributed by atoms with van der Waals surface area (Å²) in [6.45, 7) is 0. The lowest BCUT2D eigenvalue weighted by molar-refractivity contribution is 0.631. The number of furan rings is 2. The van der Waals surface area contributed by atoms with Gasteiger partial charge < -0.3 is 8.83 Å². The first kappa shape index (κ1) is 30.5. The molecule has 256 valence electrons. The lowest BCUT2D eigenvalue weighted by Gasteiger charge is -2.18. The van der Waals surface area contributed by atoms with E-state index in [-0.39, 0.29) is 0 Å². The third kappa shape index (κ3) is 4.48. The van der Waals surface area contributed by atoms with Crippen LogP contribution in [0.4, 0.5) is 0 Å². The Balaban J connectivity index is 1.13. The molecule has 0 fully saturated rings. The third-order valence-corrected chi connectivity index (χ3v) is 12.4. The van der Waals surface area contributed by atoms with Gasteiger partial charge in [-0.2, -0.15) is 0 Å². The molecule has 3 heteroatoms. The van der Waals surface area contributed by atoms with Crippen molar-refractivity contribution in [3.05, 3.63) is 182 Å². The summed E-state index contributed by atoms with van der Waals surface area (Å²) in [6.07, 6.45) is 0. The molecule has 0 saturated carbocycles. The average molecular weight is 719 g/mol. The van der Waals surface area contributed by atoms with E-state index in [0.717, 1.165) is 60.9 Å². The summed E-state index contributed by atoms with van der Waals surface area (Å²) in [6, 6.07) is 65.3. The molecule has 0 unspecified atom stereocenters. The minimum atomic E-state index is 0.811. The second kappa shape index (κ2) is 11.8. The average Bonchev–Trinajstić information content (AvgIpc) is 3.95. The van der Waals surface area contributed by atoms with Gasteiger partial charge in [-0.25, -0.2) is 0 Å². The van der Waals surface area contributed by atoms with Crippen LogP contribution >= 0.6 is 11.3 Å². The van der Waals surface area contributed by atoms with E-state index >= 15 is 0 Å². The van der Waals surface area contributed by atoms with Crippen LogP contribution in [0.1, 0.15) is 0 Å². The first-order valence-electron chi connectivity index (χ1n) is 18.7. The van der Waals surface area contributed by atoms with Gasteiger partial charge in [0.2, 0.25) is 0 Å². The molecule has 0 aliphatic rings. The maximum Gasteiger partial charge on any atom is 0.147 e. The van der Waals surface area contributed by atoms with E-state index in [2.05, 4.69) is 176 Å². The molecule has 9 aromatic carbocycles. The van der Waals surface area contributed by atoms with Crippen LogP contribution in [0.3, 0.4) is 0 Å². The molecule has 0 N–H and O–H groups in total. The van der Waals surface area contributed by atoms with Gasteiger partial charge in [-0.3, -0.25) is 0 Å². The van der Waals surface area contributed by atoms with Crippen molar-refractivity contribution in [2.24, 2.45) is 0 Å². The monoisotopic (exact) mass is 718 g/mol. The predicted molar refractivity (Wildman–Crippen MR) is 233 cm³/mol. The van der Waals surface area contributed by atoms with Crippen LogP contribution < -0.4 is 0 Å². The van der Waals surface area contributed by atoms with Gasteiger partial charge >= 0.3 is 0 Å². The zero-order chi connectivity index (χ0) is 36.0. The molecular weight excluding hydrogens is 689 g/mol. The zero-order valence-corrected chi connectivity index (χ0v) is 30.4. The fourth-order valence-corrected chi connectivity index (χ4v) is 10.1. The molecule has 3 aromatic heterocycles. The Morgan fingerprint density at radius 2 is 0.927 bits per heavy atom. The van der Waals surface area contributed by atoms with Crippen LogP contribution in [0.25, 0.3) is 119 Å². The Kier molecular flexibility index (Phi) is 6.54. The minimum absolute atomic E-state index is 0.811.